The van der Waals surface area contributed by atoms with Gasteiger partial charge in [-0.1, -0.05) is 0 Å². The van der Waals surface area contributed by atoms with Gasteiger partial charge >= 0.3 is 0 Å². The summed E-state index contributed by atoms with van der Waals surface area (Å²) < 4.78 is 16.1. The van der Waals surface area contributed by atoms with Crippen LogP contribution in [0.15, 0.2) is 0 Å². The molecule has 0 bridgehead atoms. The fraction of sp³-hybridized carbons (Fsp3) is 1.00. The number of aliphatic hydroxyl groups excluding tert-OH is 5. The summed E-state index contributed by atoms with van der Waals surface area (Å²) in [6, 6.07) is 0. The molecule has 0 aromatic heterocycles. The third kappa shape index (κ3) is 3.58. The largest absolute Gasteiger partial charge is 0.394 e. The van der Waals surface area contributed by atoms with E-state index >= 15 is 0 Å². The molecule has 2 heterocycles. The second-order valence-corrected chi connectivity index (χ2v) is 6.54. The lowest BCUT2D eigenvalue weighted by atomic mass is 10.0. The van der Waals surface area contributed by atoms with Gasteiger partial charge in [0.15, 0.2) is 6.29 Å². The van der Waals surface area contributed by atoms with Crippen molar-refractivity contribution >= 4 is 34.8 Å². The zero-order chi connectivity index (χ0) is 17.4. The van der Waals surface area contributed by atoms with Gasteiger partial charge < -0.3 is 39.7 Å². The Hall–Kier alpha value is 0.550. The summed E-state index contributed by atoms with van der Waals surface area (Å²) in [4.78, 5) is 0. The number of hydrogen-bond acceptors (Lipinski definition) is 8. The first-order chi connectivity index (χ1) is 10.8. The molecule has 23 heavy (non-hydrogen) atoms. The molecule has 0 spiro atoms. The predicted molar refractivity (Wildman–Crippen MR) is 79.5 cm³/mol. The minimum Gasteiger partial charge on any atom is -0.394 e. The first-order valence-corrected chi connectivity index (χ1v) is 8.42. The summed E-state index contributed by atoms with van der Waals surface area (Å²) in [6.07, 6.45) is -9.39. The minimum absolute atomic E-state index is 0.125. The molecular formula is C12H19Cl3O8. The molecule has 0 radical (unpaired) electrons. The van der Waals surface area contributed by atoms with Gasteiger partial charge in [-0.3, -0.25) is 0 Å². The molecule has 11 heteroatoms. The molecule has 0 aliphatic carbocycles. The van der Waals surface area contributed by atoms with Gasteiger partial charge in [0, 0.05) is 0 Å². The SMILES string of the molecule is OCC1OC(O[C@@]2(CCl)O[C@@H](CCl)C(O)C2O)C(O)C(O)C1Cl. The van der Waals surface area contributed by atoms with Crippen molar-refractivity contribution in [2.75, 3.05) is 18.4 Å². The summed E-state index contributed by atoms with van der Waals surface area (Å²) in [5.74, 6) is -2.43. The molecule has 8 nitrogen and oxygen atoms in total. The van der Waals surface area contributed by atoms with Crippen molar-refractivity contribution < 1.29 is 39.7 Å². The molecule has 0 amide bonds. The normalized spacial score (nSPS) is 51.1. The number of hydrogen-bond donors (Lipinski definition) is 5. The van der Waals surface area contributed by atoms with E-state index in [9.17, 15) is 25.5 Å². The lowest BCUT2D eigenvalue weighted by molar-refractivity contribution is -0.357. The Labute approximate surface area is 147 Å². The number of rotatable bonds is 5. The first-order valence-electron chi connectivity index (χ1n) is 6.91. The Balaban J connectivity index is 2.18. The molecule has 2 aliphatic rings. The van der Waals surface area contributed by atoms with E-state index in [0.717, 1.165) is 0 Å². The van der Waals surface area contributed by atoms with Gasteiger partial charge in [0.05, 0.1) is 23.7 Å². The highest BCUT2D eigenvalue weighted by molar-refractivity contribution is 6.21. The van der Waals surface area contributed by atoms with Crippen molar-refractivity contribution in [1.29, 1.82) is 0 Å². The zero-order valence-electron chi connectivity index (χ0n) is 11.8. The maximum atomic E-state index is 10.1. The van der Waals surface area contributed by atoms with Gasteiger partial charge in [-0.2, -0.15) is 0 Å². The van der Waals surface area contributed by atoms with Crippen LogP contribution in [0.2, 0.25) is 0 Å². The van der Waals surface area contributed by atoms with Crippen molar-refractivity contribution in [2.24, 2.45) is 0 Å². The van der Waals surface area contributed by atoms with Crippen molar-refractivity contribution in [3.05, 3.63) is 0 Å². The lowest BCUT2D eigenvalue weighted by Gasteiger charge is -2.43. The Morgan fingerprint density at radius 2 is 1.65 bits per heavy atom. The standard InChI is InChI=1S/C12H19Cl3O8/c13-1-4-7(17)10(20)12(3-14,22-4)23-11-9(19)8(18)6(15)5(2-16)21-11/h4-11,16-20H,1-3H2/t4-,5?,6?,7?,8?,9?,10?,11?,12+/m0/s1. The molecular weight excluding hydrogens is 378 g/mol. The minimum atomic E-state index is -1.90. The van der Waals surface area contributed by atoms with E-state index < -0.39 is 66.6 Å². The Morgan fingerprint density at radius 1 is 1.00 bits per heavy atom. The summed E-state index contributed by atoms with van der Waals surface area (Å²) in [5, 5.41) is 48.1. The van der Waals surface area contributed by atoms with Crippen LogP contribution in [-0.4, -0.2) is 98.0 Å². The molecule has 0 aromatic rings. The second-order valence-electron chi connectivity index (χ2n) is 5.46. The molecule has 136 valence electrons. The number of aliphatic hydroxyl groups is 5. The molecule has 9 atom stereocenters. The fourth-order valence-electron chi connectivity index (χ4n) is 2.56. The molecule has 2 aliphatic heterocycles. The second kappa shape index (κ2) is 7.84. The van der Waals surface area contributed by atoms with E-state index in [0.29, 0.717) is 0 Å². The van der Waals surface area contributed by atoms with Crippen LogP contribution in [-0.2, 0) is 14.2 Å². The van der Waals surface area contributed by atoms with E-state index in [1.807, 2.05) is 0 Å². The van der Waals surface area contributed by atoms with Crippen LogP contribution in [0.25, 0.3) is 0 Å². The highest BCUT2D eigenvalue weighted by atomic mass is 35.5. The number of ether oxygens (including phenoxy) is 3. The average Bonchev–Trinajstić information content (AvgIpc) is 2.80. The van der Waals surface area contributed by atoms with Crippen LogP contribution < -0.4 is 0 Å². The topological polar surface area (TPSA) is 129 Å². The molecule has 7 unspecified atom stereocenters. The third-order valence-electron chi connectivity index (χ3n) is 3.96. The lowest BCUT2D eigenvalue weighted by Crippen LogP contribution is -2.61. The van der Waals surface area contributed by atoms with E-state index in [1.165, 1.54) is 0 Å². The van der Waals surface area contributed by atoms with E-state index in [4.69, 9.17) is 49.0 Å². The van der Waals surface area contributed by atoms with E-state index in [1.54, 1.807) is 0 Å². The summed E-state index contributed by atoms with van der Waals surface area (Å²) in [6.45, 7) is -0.526. The van der Waals surface area contributed by atoms with Gasteiger partial charge in [0.1, 0.15) is 36.6 Å². The Morgan fingerprint density at radius 3 is 2.13 bits per heavy atom. The quantitative estimate of drug-likeness (QED) is 0.349. The molecule has 5 N–H and O–H groups in total. The van der Waals surface area contributed by atoms with Crippen LogP contribution in [0.3, 0.4) is 0 Å². The van der Waals surface area contributed by atoms with Crippen LogP contribution in [0.1, 0.15) is 0 Å². The summed E-state index contributed by atoms with van der Waals surface area (Å²) in [5.41, 5.74) is 0. The van der Waals surface area contributed by atoms with Crippen LogP contribution >= 0.6 is 34.8 Å². The fourth-order valence-corrected chi connectivity index (χ4v) is 3.37. The predicted octanol–water partition coefficient (Wildman–Crippen LogP) is -1.66. The van der Waals surface area contributed by atoms with E-state index in [2.05, 4.69) is 0 Å². The summed E-state index contributed by atoms with van der Waals surface area (Å²) >= 11 is 17.3. The maximum absolute atomic E-state index is 10.1. The van der Waals surface area contributed by atoms with Crippen LogP contribution in [0.4, 0.5) is 0 Å². The summed E-state index contributed by atoms with van der Waals surface area (Å²) in [7, 11) is 0. The molecule has 0 aromatic carbocycles. The highest BCUT2D eigenvalue weighted by Crippen LogP contribution is 2.37. The van der Waals surface area contributed by atoms with E-state index in [-0.39, 0.29) is 5.88 Å². The number of halogens is 3. The smallest absolute Gasteiger partial charge is 0.214 e. The van der Waals surface area contributed by atoms with Gasteiger partial charge in [0.25, 0.3) is 0 Å². The van der Waals surface area contributed by atoms with Gasteiger partial charge in [-0.25, -0.2) is 0 Å². The van der Waals surface area contributed by atoms with Gasteiger partial charge in [-0.15, -0.1) is 34.8 Å². The van der Waals surface area contributed by atoms with Gasteiger partial charge in [0.2, 0.25) is 5.79 Å². The third-order valence-corrected chi connectivity index (χ3v) is 5.17. The first kappa shape index (κ1) is 19.9. The molecule has 2 rings (SSSR count). The maximum Gasteiger partial charge on any atom is 0.214 e. The Kier molecular flexibility index (Phi) is 6.77. The van der Waals surface area contributed by atoms with Crippen molar-refractivity contribution in [3.63, 3.8) is 0 Å². The number of alkyl halides is 3. The van der Waals surface area contributed by atoms with Crippen molar-refractivity contribution in [1.82, 2.24) is 0 Å². The monoisotopic (exact) mass is 396 g/mol. The van der Waals surface area contributed by atoms with Crippen molar-refractivity contribution in [3.8, 4) is 0 Å². The molecule has 2 saturated heterocycles. The van der Waals surface area contributed by atoms with Crippen molar-refractivity contribution in [2.45, 2.75) is 54.1 Å². The van der Waals surface area contributed by atoms with Crippen LogP contribution in [0.5, 0.6) is 0 Å². The molecule has 0 saturated carbocycles. The Bertz CT molecular complexity index is 403. The highest BCUT2D eigenvalue weighted by Gasteiger charge is 2.58. The average molecular weight is 398 g/mol. The zero-order valence-corrected chi connectivity index (χ0v) is 14.1. The van der Waals surface area contributed by atoms with Gasteiger partial charge in [-0.05, 0) is 0 Å². The van der Waals surface area contributed by atoms with Crippen LogP contribution in [0, 0.1) is 0 Å². The molecule has 2 fully saturated rings.